The van der Waals surface area contributed by atoms with Crippen LogP contribution in [0.4, 0.5) is 0 Å². The minimum Gasteiger partial charge on any atom is -0.511 e. The number of hydrogen-bond acceptors (Lipinski definition) is 9. The van der Waals surface area contributed by atoms with E-state index in [0.717, 1.165) is 6.92 Å². The Hall–Kier alpha value is -3.56. The SMILES string of the molecule is CC(=O)/C=C/c1ccc2c(c1O)C(=O)C1=C(O)[C@@]3(O)C(=O)C(C(C)=O)=C(O)C(C(C)C)[C@@]3(C)[C@H](O)[C@@]1(C)[C@@H]2C. The van der Waals surface area contributed by atoms with Gasteiger partial charge in [0.25, 0.3) is 0 Å². The summed E-state index contributed by atoms with van der Waals surface area (Å²) in [6.45, 7) is 10.3. The third-order valence-electron chi connectivity index (χ3n) is 9.36. The van der Waals surface area contributed by atoms with Crippen LogP contribution >= 0.6 is 0 Å². The number of fused-ring (bicyclic) bond motifs is 3. The first kappa shape index (κ1) is 28.4. The van der Waals surface area contributed by atoms with Crippen LogP contribution in [0.25, 0.3) is 6.08 Å². The molecule has 4 rings (SSSR count). The zero-order chi connectivity index (χ0) is 29.6. The quantitative estimate of drug-likeness (QED) is 0.284. The molecule has 0 radical (unpaired) electrons. The zero-order valence-corrected chi connectivity index (χ0v) is 23.0. The van der Waals surface area contributed by atoms with Crippen LogP contribution in [-0.4, -0.2) is 60.4 Å². The van der Waals surface area contributed by atoms with Crippen LogP contribution in [0.15, 0.2) is 40.9 Å². The number of allylic oxidation sites excluding steroid dienone is 2. The van der Waals surface area contributed by atoms with Crippen molar-refractivity contribution in [2.75, 3.05) is 0 Å². The minimum absolute atomic E-state index is 0.161. The first-order valence-electron chi connectivity index (χ1n) is 12.8. The average molecular weight is 539 g/mol. The molecule has 0 saturated carbocycles. The van der Waals surface area contributed by atoms with Crippen LogP contribution in [0.1, 0.15) is 75.9 Å². The van der Waals surface area contributed by atoms with E-state index in [1.807, 2.05) is 0 Å². The largest absolute Gasteiger partial charge is 0.511 e. The van der Waals surface area contributed by atoms with E-state index < -0.39 is 86.1 Å². The van der Waals surface area contributed by atoms with Gasteiger partial charge in [-0.05, 0) is 43.4 Å². The summed E-state index contributed by atoms with van der Waals surface area (Å²) in [6, 6.07) is 3.11. The Morgan fingerprint density at radius 2 is 1.64 bits per heavy atom. The van der Waals surface area contributed by atoms with E-state index in [9.17, 15) is 44.7 Å². The molecule has 6 atom stereocenters. The fraction of sp³-hybridized carbons (Fsp3) is 0.467. The summed E-state index contributed by atoms with van der Waals surface area (Å²) in [5.41, 5.74) is -7.31. The normalized spacial score (nSPS) is 34.4. The lowest BCUT2D eigenvalue weighted by Crippen LogP contribution is -2.73. The van der Waals surface area contributed by atoms with Crippen LogP contribution in [0.3, 0.4) is 0 Å². The number of Topliss-reactive ketones (excluding diaryl/α,β-unsaturated/α-hetero) is 3. The number of benzene rings is 1. The molecule has 0 bridgehead atoms. The highest BCUT2D eigenvalue weighted by molar-refractivity contribution is 6.25. The Morgan fingerprint density at radius 3 is 2.15 bits per heavy atom. The maximum atomic E-state index is 14.1. The average Bonchev–Trinajstić information content (AvgIpc) is 2.83. The Labute approximate surface area is 226 Å². The molecule has 3 aliphatic carbocycles. The van der Waals surface area contributed by atoms with Gasteiger partial charge in [0.2, 0.25) is 5.78 Å². The van der Waals surface area contributed by atoms with E-state index in [0.29, 0.717) is 5.56 Å². The van der Waals surface area contributed by atoms with Gasteiger partial charge in [-0.2, -0.15) is 0 Å². The van der Waals surface area contributed by atoms with E-state index in [4.69, 9.17) is 0 Å². The van der Waals surface area contributed by atoms with Crippen molar-refractivity contribution in [3.63, 3.8) is 0 Å². The van der Waals surface area contributed by atoms with Crippen molar-refractivity contribution >= 4 is 29.2 Å². The number of aromatic hydroxyl groups is 1. The van der Waals surface area contributed by atoms with E-state index in [1.165, 1.54) is 39.0 Å². The van der Waals surface area contributed by atoms with Gasteiger partial charge in [-0.1, -0.05) is 46.8 Å². The fourth-order valence-electron chi connectivity index (χ4n) is 7.30. The summed E-state index contributed by atoms with van der Waals surface area (Å²) in [4.78, 5) is 51.7. The summed E-state index contributed by atoms with van der Waals surface area (Å²) < 4.78 is 0. The van der Waals surface area contributed by atoms with Gasteiger partial charge in [-0.25, -0.2) is 0 Å². The molecular weight excluding hydrogens is 504 g/mol. The number of aliphatic hydroxyl groups excluding tert-OH is 3. The van der Waals surface area contributed by atoms with Crippen molar-refractivity contribution in [2.24, 2.45) is 22.7 Å². The van der Waals surface area contributed by atoms with E-state index in [2.05, 4.69) is 0 Å². The highest BCUT2D eigenvalue weighted by Gasteiger charge is 2.76. The van der Waals surface area contributed by atoms with Gasteiger partial charge in [0, 0.05) is 22.3 Å². The number of carbonyl (C=O) groups excluding carboxylic acids is 4. The molecule has 3 aliphatic rings. The monoisotopic (exact) mass is 538 g/mol. The molecule has 208 valence electrons. The van der Waals surface area contributed by atoms with Crippen LogP contribution in [0.5, 0.6) is 5.75 Å². The number of rotatable bonds is 4. The molecular formula is C30H34O9. The van der Waals surface area contributed by atoms with E-state index in [-0.39, 0.29) is 16.9 Å². The molecule has 0 aliphatic heterocycles. The van der Waals surface area contributed by atoms with Crippen molar-refractivity contribution in [2.45, 2.75) is 66.1 Å². The van der Waals surface area contributed by atoms with Gasteiger partial charge in [-0.15, -0.1) is 0 Å². The Kier molecular flexibility index (Phi) is 6.36. The summed E-state index contributed by atoms with van der Waals surface area (Å²) in [6.07, 6.45) is 0.870. The Bertz CT molecular complexity index is 1440. The van der Waals surface area contributed by atoms with E-state index >= 15 is 0 Å². The summed E-state index contributed by atoms with van der Waals surface area (Å²) in [5.74, 6) is -7.82. The smallest absolute Gasteiger partial charge is 0.209 e. The lowest BCUT2D eigenvalue weighted by molar-refractivity contribution is -0.211. The lowest BCUT2D eigenvalue weighted by Gasteiger charge is -2.63. The topological polar surface area (TPSA) is 169 Å². The molecule has 9 nitrogen and oxygen atoms in total. The fourth-order valence-corrected chi connectivity index (χ4v) is 7.30. The Balaban J connectivity index is 2.12. The first-order chi connectivity index (χ1) is 17.9. The third kappa shape index (κ3) is 3.26. The summed E-state index contributed by atoms with van der Waals surface area (Å²) in [7, 11) is 0. The number of aliphatic hydroxyl groups is 4. The second-order valence-corrected chi connectivity index (χ2v) is 11.7. The molecule has 1 aromatic carbocycles. The molecule has 9 heteroatoms. The predicted octanol–water partition coefficient (Wildman–Crippen LogP) is 3.48. The van der Waals surface area contributed by atoms with Crippen molar-refractivity contribution < 1.29 is 44.7 Å². The maximum Gasteiger partial charge on any atom is 0.209 e. The van der Waals surface area contributed by atoms with Gasteiger partial charge in [0.05, 0.1) is 17.2 Å². The van der Waals surface area contributed by atoms with Crippen molar-refractivity contribution in [3.05, 3.63) is 57.6 Å². The molecule has 0 amide bonds. The molecule has 0 heterocycles. The molecule has 39 heavy (non-hydrogen) atoms. The molecule has 0 fully saturated rings. The maximum absolute atomic E-state index is 14.1. The number of carbonyl (C=O) groups is 4. The van der Waals surface area contributed by atoms with Gasteiger partial charge >= 0.3 is 0 Å². The summed E-state index contributed by atoms with van der Waals surface area (Å²) >= 11 is 0. The highest BCUT2D eigenvalue weighted by atomic mass is 16.4. The molecule has 1 unspecified atom stereocenters. The van der Waals surface area contributed by atoms with Crippen LogP contribution in [0.2, 0.25) is 0 Å². The zero-order valence-electron chi connectivity index (χ0n) is 23.0. The van der Waals surface area contributed by atoms with Gasteiger partial charge < -0.3 is 25.5 Å². The third-order valence-corrected chi connectivity index (χ3v) is 9.36. The van der Waals surface area contributed by atoms with E-state index in [1.54, 1.807) is 26.8 Å². The number of phenols is 1. The molecule has 0 spiro atoms. The molecule has 1 aromatic rings. The molecule has 0 aromatic heterocycles. The number of hydrogen-bond donors (Lipinski definition) is 5. The lowest BCUT2D eigenvalue weighted by atomic mass is 9.41. The second-order valence-electron chi connectivity index (χ2n) is 11.7. The molecule has 5 N–H and O–H groups in total. The predicted molar refractivity (Wildman–Crippen MR) is 141 cm³/mol. The minimum atomic E-state index is -2.93. The first-order valence-corrected chi connectivity index (χ1v) is 12.8. The van der Waals surface area contributed by atoms with Crippen molar-refractivity contribution in [3.8, 4) is 5.75 Å². The Morgan fingerprint density at radius 1 is 1.05 bits per heavy atom. The number of ketones is 4. The van der Waals surface area contributed by atoms with Crippen LogP contribution < -0.4 is 0 Å². The highest BCUT2D eigenvalue weighted by Crippen LogP contribution is 2.67. The van der Waals surface area contributed by atoms with Gasteiger partial charge in [0.1, 0.15) is 22.8 Å². The van der Waals surface area contributed by atoms with Gasteiger partial charge in [0.15, 0.2) is 23.0 Å². The standard InChI is InChI=1S/C30H34O9/c1-12(2)20-23(34)18(15(5)32)25(36)30(39)26(37)21-24(35)19-17(11-10-16(22(19)33)9-8-13(3)31)14(4)28(21,6)27(38)29(20,30)7/h8-12,14,20,27,33-34,37-39H,1-7H3/b9-8+/t14-,20?,27-,28+,29+,30+/m1/s1. The van der Waals surface area contributed by atoms with Crippen LogP contribution in [0, 0.1) is 22.7 Å². The molecule has 0 saturated heterocycles. The number of phenolic OH excluding ortho intramolecular Hbond substituents is 1. The van der Waals surface area contributed by atoms with Crippen molar-refractivity contribution in [1.82, 2.24) is 0 Å². The van der Waals surface area contributed by atoms with Crippen molar-refractivity contribution in [1.29, 1.82) is 0 Å². The van der Waals surface area contributed by atoms with Gasteiger partial charge in [-0.3, -0.25) is 19.2 Å². The van der Waals surface area contributed by atoms with Crippen LogP contribution in [-0.2, 0) is 14.4 Å². The second kappa shape index (κ2) is 8.72. The summed E-state index contributed by atoms with van der Waals surface area (Å²) in [5, 5.41) is 58.2.